The molecule has 3 heterocycles. The van der Waals surface area contributed by atoms with Crippen LogP contribution >= 0.6 is 22.7 Å². The molecule has 22 heavy (non-hydrogen) atoms. The number of hydrogen-bond donors (Lipinski definition) is 3. The molecule has 1 atom stereocenters. The van der Waals surface area contributed by atoms with Crippen molar-refractivity contribution in [2.45, 2.75) is 25.9 Å². The molecule has 4 N–H and O–H groups in total. The van der Waals surface area contributed by atoms with E-state index in [1.165, 1.54) is 4.88 Å². The van der Waals surface area contributed by atoms with Gasteiger partial charge in [0.25, 0.3) is 0 Å². The third kappa shape index (κ3) is 3.12. The first kappa shape index (κ1) is 15.4. The highest BCUT2D eigenvalue weighted by atomic mass is 32.1. The molecule has 3 aromatic heterocycles. The Kier molecular flexibility index (Phi) is 4.68. The molecule has 116 valence electrons. The van der Waals surface area contributed by atoms with E-state index in [-0.39, 0.29) is 12.6 Å². The Morgan fingerprint density at radius 1 is 1.45 bits per heavy atom. The van der Waals surface area contributed by atoms with Crippen LogP contribution < -0.4 is 11.1 Å². The predicted octanol–water partition coefficient (Wildman–Crippen LogP) is 2.54. The lowest BCUT2D eigenvalue weighted by molar-refractivity contribution is 0.265. The number of nitrogens with two attached hydrogens (primary N) is 1. The summed E-state index contributed by atoms with van der Waals surface area (Å²) in [6, 6.07) is 3.92. The molecule has 0 saturated heterocycles. The van der Waals surface area contributed by atoms with Gasteiger partial charge in [-0.15, -0.1) is 27.8 Å². The summed E-state index contributed by atoms with van der Waals surface area (Å²) in [4.78, 5) is 2.44. The van der Waals surface area contributed by atoms with E-state index in [0.717, 1.165) is 32.9 Å². The first-order valence-electron chi connectivity index (χ1n) is 7.05. The number of nitrogens with zero attached hydrogens (tertiary/aromatic N) is 2. The van der Waals surface area contributed by atoms with E-state index in [4.69, 9.17) is 10.8 Å². The highest BCUT2D eigenvalue weighted by Gasteiger charge is 2.15. The predicted molar refractivity (Wildman–Crippen MR) is 92.6 cm³/mol. The summed E-state index contributed by atoms with van der Waals surface area (Å²) in [6.07, 6.45) is 2.43. The minimum Gasteiger partial charge on any atom is -0.395 e. The van der Waals surface area contributed by atoms with E-state index in [0.29, 0.717) is 6.42 Å². The fourth-order valence-electron chi connectivity index (χ4n) is 2.28. The molecule has 0 aliphatic carbocycles. The summed E-state index contributed by atoms with van der Waals surface area (Å²) in [5.41, 5.74) is 8.88. The van der Waals surface area contributed by atoms with Crippen LogP contribution in [0.15, 0.2) is 23.7 Å². The number of thiophene rings is 2. The van der Waals surface area contributed by atoms with Crippen LogP contribution in [-0.4, -0.2) is 28.0 Å². The second-order valence-electron chi connectivity index (χ2n) is 5.17. The van der Waals surface area contributed by atoms with Crippen LogP contribution in [0.5, 0.6) is 0 Å². The third-order valence-corrected chi connectivity index (χ3v) is 5.73. The molecule has 0 spiro atoms. The van der Waals surface area contributed by atoms with Crippen molar-refractivity contribution in [2.75, 3.05) is 11.9 Å². The zero-order chi connectivity index (χ0) is 15.5. The maximum absolute atomic E-state index is 9.15. The summed E-state index contributed by atoms with van der Waals surface area (Å²) < 4.78 is 1.10. The van der Waals surface area contributed by atoms with Crippen molar-refractivity contribution in [2.24, 2.45) is 5.73 Å². The maximum Gasteiger partial charge on any atom is 0.109 e. The van der Waals surface area contributed by atoms with Crippen LogP contribution in [0.3, 0.4) is 0 Å². The number of hydrogen-bond acceptors (Lipinski definition) is 7. The highest BCUT2D eigenvalue weighted by molar-refractivity contribution is 7.19. The van der Waals surface area contributed by atoms with E-state index in [1.54, 1.807) is 28.9 Å². The van der Waals surface area contributed by atoms with Gasteiger partial charge in [0.2, 0.25) is 0 Å². The van der Waals surface area contributed by atoms with Crippen molar-refractivity contribution in [1.29, 1.82) is 0 Å². The zero-order valence-corrected chi connectivity index (χ0v) is 13.9. The number of aliphatic hydroxyl groups excluding tert-OH is 1. The molecule has 0 aliphatic rings. The minimum absolute atomic E-state index is 0.0111. The summed E-state index contributed by atoms with van der Waals surface area (Å²) >= 11 is 3.41. The lowest BCUT2D eigenvalue weighted by Crippen LogP contribution is -2.26. The third-order valence-electron chi connectivity index (χ3n) is 3.52. The SMILES string of the molecule is Cc1c(C[C@H](N)CO)sc2c(NCc3cccs3)cnnc12. The summed E-state index contributed by atoms with van der Waals surface area (Å²) in [5.74, 6) is 0. The van der Waals surface area contributed by atoms with Gasteiger partial charge in [0, 0.05) is 22.3 Å². The number of anilines is 1. The Bertz CT molecular complexity index is 754. The number of aromatic nitrogens is 2. The molecule has 0 bridgehead atoms. The van der Waals surface area contributed by atoms with Gasteiger partial charge in [-0.05, 0) is 30.4 Å². The average Bonchev–Trinajstić information content (AvgIpc) is 3.15. The highest BCUT2D eigenvalue weighted by Crippen LogP contribution is 2.34. The zero-order valence-electron chi connectivity index (χ0n) is 12.2. The fourth-order valence-corrected chi connectivity index (χ4v) is 4.24. The molecule has 7 heteroatoms. The van der Waals surface area contributed by atoms with Crippen LogP contribution in [0.2, 0.25) is 0 Å². The Hall–Kier alpha value is -1.54. The van der Waals surface area contributed by atoms with Gasteiger partial charge in [0.15, 0.2) is 0 Å². The minimum atomic E-state index is -0.234. The Balaban J connectivity index is 1.89. The van der Waals surface area contributed by atoms with Crippen molar-refractivity contribution < 1.29 is 5.11 Å². The molecule has 0 aromatic carbocycles. The van der Waals surface area contributed by atoms with E-state index >= 15 is 0 Å². The number of aliphatic hydroxyl groups is 1. The van der Waals surface area contributed by atoms with Crippen LogP contribution in [-0.2, 0) is 13.0 Å². The number of nitrogens with one attached hydrogen (secondary N) is 1. The van der Waals surface area contributed by atoms with E-state index in [9.17, 15) is 0 Å². The molecule has 0 amide bonds. The molecule has 0 fully saturated rings. The van der Waals surface area contributed by atoms with Crippen molar-refractivity contribution in [1.82, 2.24) is 10.2 Å². The van der Waals surface area contributed by atoms with E-state index in [1.807, 2.05) is 13.0 Å². The van der Waals surface area contributed by atoms with E-state index in [2.05, 4.69) is 27.0 Å². The topological polar surface area (TPSA) is 84.1 Å². The van der Waals surface area contributed by atoms with Crippen LogP contribution in [0.25, 0.3) is 10.2 Å². The molecular formula is C15H18N4OS2. The first-order chi connectivity index (χ1) is 10.7. The van der Waals surface area contributed by atoms with Gasteiger partial charge in [-0.2, -0.15) is 5.10 Å². The average molecular weight is 334 g/mol. The molecule has 3 rings (SSSR count). The largest absolute Gasteiger partial charge is 0.395 e. The fraction of sp³-hybridized carbons (Fsp3) is 0.333. The Morgan fingerprint density at radius 2 is 2.32 bits per heavy atom. The van der Waals surface area contributed by atoms with Gasteiger partial charge in [0.1, 0.15) is 5.52 Å². The van der Waals surface area contributed by atoms with Gasteiger partial charge in [-0.25, -0.2) is 0 Å². The van der Waals surface area contributed by atoms with Gasteiger partial charge < -0.3 is 16.2 Å². The summed E-state index contributed by atoms with van der Waals surface area (Å²) in [5, 5.41) is 23.0. The first-order valence-corrected chi connectivity index (χ1v) is 8.75. The van der Waals surface area contributed by atoms with Crippen LogP contribution in [0.1, 0.15) is 15.3 Å². The molecular weight excluding hydrogens is 316 g/mol. The number of rotatable bonds is 6. The van der Waals surface area contributed by atoms with Gasteiger partial charge in [-0.3, -0.25) is 0 Å². The monoisotopic (exact) mass is 334 g/mol. The Morgan fingerprint density at radius 3 is 3.05 bits per heavy atom. The Labute approximate surface area is 136 Å². The number of fused-ring (bicyclic) bond motifs is 1. The van der Waals surface area contributed by atoms with Gasteiger partial charge >= 0.3 is 0 Å². The van der Waals surface area contributed by atoms with Crippen molar-refractivity contribution in [3.05, 3.63) is 39.0 Å². The standard InChI is InChI=1S/C15H18N4OS2/c1-9-13(5-10(16)8-20)22-15-12(7-18-19-14(9)15)17-6-11-3-2-4-21-11/h2-4,7,10,20H,5-6,8,16H2,1H3,(H,17,19)/t10-/m0/s1. The molecule has 0 aliphatic heterocycles. The van der Waals surface area contributed by atoms with Gasteiger partial charge in [-0.1, -0.05) is 6.07 Å². The van der Waals surface area contributed by atoms with Gasteiger partial charge in [0.05, 0.1) is 23.2 Å². The summed E-state index contributed by atoms with van der Waals surface area (Å²) in [7, 11) is 0. The smallest absolute Gasteiger partial charge is 0.109 e. The van der Waals surface area contributed by atoms with Crippen LogP contribution in [0.4, 0.5) is 5.69 Å². The quantitative estimate of drug-likeness (QED) is 0.645. The molecule has 0 saturated carbocycles. The normalized spacial score (nSPS) is 12.7. The lowest BCUT2D eigenvalue weighted by Gasteiger charge is -2.06. The molecule has 0 unspecified atom stereocenters. The second kappa shape index (κ2) is 6.70. The molecule has 3 aromatic rings. The maximum atomic E-state index is 9.15. The molecule has 5 nitrogen and oxygen atoms in total. The second-order valence-corrected chi connectivity index (χ2v) is 7.30. The number of aryl methyl sites for hydroxylation is 1. The van der Waals surface area contributed by atoms with Crippen molar-refractivity contribution in [3.8, 4) is 0 Å². The molecule has 0 radical (unpaired) electrons. The van der Waals surface area contributed by atoms with Crippen LogP contribution in [0, 0.1) is 6.92 Å². The van der Waals surface area contributed by atoms with Crippen molar-refractivity contribution >= 4 is 38.6 Å². The van der Waals surface area contributed by atoms with Crippen molar-refractivity contribution in [3.63, 3.8) is 0 Å². The lowest BCUT2D eigenvalue weighted by atomic mass is 10.1. The summed E-state index contributed by atoms with van der Waals surface area (Å²) in [6.45, 7) is 2.81. The van der Waals surface area contributed by atoms with E-state index < -0.39 is 0 Å².